The summed E-state index contributed by atoms with van der Waals surface area (Å²) in [4.78, 5) is 26.9. The standard InChI is InChI=1S/C21H24N2O4/c1-13-6-5-7-14(2)20(13)22-21(25)15-10-19(24)23(12-15)16-8-9-17(26-3)18(11-16)27-4/h5-9,11,15H,10,12H2,1-4H3,(H,22,25). The largest absolute Gasteiger partial charge is 0.493 e. The predicted molar refractivity (Wildman–Crippen MR) is 105 cm³/mol. The van der Waals surface area contributed by atoms with Gasteiger partial charge in [0.1, 0.15) is 0 Å². The third-order valence-corrected chi connectivity index (χ3v) is 4.90. The number of anilines is 2. The number of methoxy groups -OCH3 is 2. The lowest BCUT2D eigenvalue weighted by molar-refractivity contribution is -0.122. The topological polar surface area (TPSA) is 67.9 Å². The quantitative estimate of drug-likeness (QED) is 0.879. The van der Waals surface area contributed by atoms with E-state index >= 15 is 0 Å². The van der Waals surface area contributed by atoms with Gasteiger partial charge in [-0.2, -0.15) is 0 Å². The van der Waals surface area contributed by atoms with Crippen LogP contribution in [-0.4, -0.2) is 32.6 Å². The van der Waals surface area contributed by atoms with Crippen LogP contribution in [0.2, 0.25) is 0 Å². The van der Waals surface area contributed by atoms with Crippen molar-refractivity contribution in [2.45, 2.75) is 20.3 Å². The molecule has 0 aliphatic carbocycles. The maximum Gasteiger partial charge on any atom is 0.229 e. The van der Waals surface area contributed by atoms with Crippen molar-refractivity contribution in [3.05, 3.63) is 47.5 Å². The Labute approximate surface area is 159 Å². The van der Waals surface area contributed by atoms with Crippen LogP contribution in [0.15, 0.2) is 36.4 Å². The van der Waals surface area contributed by atoms with E-state index in [1.807, 2.05) is 32.0 Å². The molecule has 1 aliphatic heterocycles. The average molecular weight is 368 g/mol. The Bertz CT molecular complexity index is 858. The van der Waals surface area contributed by atoms with E-state index in [2.05, 4.69) is 5.32 Å². The molecular weight excluding hydrogens is 344 g/mol. The van der Waals surface area contributed by atoms with Gasteiger partial charge in [0.2, 0.25) is 11.8 Å². The summed E-state index contributed by atoms with van der Waals surface area (Å²) < 4.78 is 10.5. The Morgan fingerprint density at radius 2 is 1.74 bits per heavy atom. The molecule has 1 N–H and O–H groups in total. The van der Waals surface area contributed by atoms with Crippen LogP contribution in [0.5, 0.6) is 11.5 Å². The number of ether oxygens (including phenoxy) is 2. The zero-order valence-electron chi connectivity index (χ0n) is 16.0. The molecule has 1 unspecified atom stereocenters. The highest BCUT2D eigenvalue weighted by Crippen LogP contribution is 2.34. The number of benzene rings is 2. The van der Waals surface area contributed by atoms with Gasteiger partial charge in [-0.15, -0.1) is 0 Å². The zero-order valence-corrected chi connectivity index (χ0v) is 16.0. The molecule has 142 valence electrons. The van der Waals surface area contributed by atoms with E-state index in [-0.39, 0.29) is 18.2 Å². The number of nitrogens with one attached hydrogen (secondary N) is 1. The molecule has 3 rings (SSSR count). The molecule has 1 heterocycles. The first-order chi connectivity index (χ1) is 12.9. The first-order valence-electron chi connectivity index (χ1n) is 8.84. The molecule has 1 atom stereocenters. The fraction of sp³-hybridized carbons (Fsp3) is 0.333. The highest BCUT2D eigenvalue weighted by Gasteiger charge is 2.35. The van der Waals surface area contributed by atoms with Gasteiger partial charge in [0, 0.05) is 30.4 Å². The summed E-state index contributed by atoms with van der Waals surface area (Å²) >= 11 is 0. The highest BCUT2D eigenvalue weighted by atomic mass is 16.5. The molecular formula is C21H24N2O4. The Kier molecular flexibility index (Phi) is 5.35. The molecule has 0 radical (unpaired) electrons. The van der Waals surface area contributed by atoms with E-state index in [1.54, 1.807) is 37.3 Å². The van der Waals surface area contributed by atoms with Gasteiger partial charge in [-0.05, 0) is 37.1 Å². The van der Waals surface area contributed by atoms with E-state index in [0.29, 0.717) is 23.7 Å². The van der Waals surface area contributed by atoms with Crippen LogP contribution in [-0.2, 0) is 9.59 Å². The van der Waals surface area contributed by atoms with Crippen LogP contribution in [0.1, 0.15) is 17.5 Å². The number of para-hydroxylation sites is 1. The number of carbonyl (C=O) groups is 2. The van der Waals surface area contributed by atoms with Crippen LogP contribution in [0, 0.1) is 19.8 Å². The maximum atomic E-state index is 12.7. The summed E-state index contributed by atoms with van der Waals surface area (Å²) in [6, 6.07) is 11.2. The van der Waals surface area contributed by atoms with Crippen molar-refractivity contribution in [1.29, 1.82) is 0 Å². The smallest absolute Gasteiger partial charge is 0.229 e. The molecule has 6 nitrogen and oxygen atoms in total. The fourth-order valence-electron chi connectivity index (χ4n) is 3.36. The fourth-order valence-corrected chi connectivity index (χ4v) is 3.36. The second-order valence-corrected chi connectivity index (χ2v) is 6.70. The normalized spacial score (nSPS) is 16.4. The Hall–Kier alpha value is -3.02. The van der Waals surface area contributed by atoms with Crippen LogP contribution < -0.4 is 19.7 Å². The van der Waals surface area contributed by atoms with Crippen LogP contribution in [0.25, 0.3) is 0 Å². The van der Waals surface area contributed by atoms with Crippen molar-refractivity contribution in [3.8, 4) is 11.5 Å². The molecule has 2 amide bonds. The Morgan fingerprint density at radius 1 is 1.07 bits per heavy atom. The molecule has 0 saturated carbocycles. The SMILES string of the molecule is COc1ccc(N2CC(C(=O)Nc3c(C)cccc3C)CC2=O)cc1OC. The lowest BCUT2D eigenvalue weighted by atomic mass is 10.1. The minimum absolute atomic E-state index is 0.0797. The van der Waals surface area contributed by atoms with E-state index in [1.165, 1.54) is 0 Å². The molecule has 2 aromatic rings. The number of hydrogen-bond acceptors (Lipinski definition) is 4. The van der Waals surface area contributed by atoms with Crippen molar-refractivity contribution < 1.29 is 19.1 Å². The van der Waals surface area contributed by atoms with Crippen molar-refractivity contribution >= 4 is 23.2 Å². The lowest BCUT2D eigenvalue weighted by Gasteiger charge is -2.19. The average Bonchev–Trinajstić information content (AvgIpc) is 3.06. The number of rotatable bonds is 5. The number of aryl methyl sites for hydroxylation is 2. The predicted octanol–water partition coefficient (Wildman–Crippen LogP) is 3.31. The minimum Gasteiger partial charge on any atom is -0.493 e. The van der Waals surface area contributed by atoms with Gasteiger partial charge in [0.05, 0.1) is 20.1 Å². The summed E-state index contributed by atoms with van der Waals surface area (Å²) in [6.45, 7) is 4.25. The summed E-state index contributed by atoms with van der Waals surface area (Å²) in [5.74, 6) is 0.528. The Morgan fingerprint density at radius 3 is 2.37 bits per heavy atom. The monoisotopic (exact) mass is 368 g/mol. The number of carbonyl (C=O) groups excluding carboxylic acids is 2. The summed E-state index contributed by atoms with van der Waals surface area (Å²) in [7, 11) is 3.11. The summed E-state index contributed by atoms with van der Waals surface area (Å²) in [5, 5.41) is 2.99. The molecule has 0 spiro atoms. The van der Waals surface area contributed by atoms with Crippen LogP contribution >= 0.6 is 0 Å². The van der Waals surface area contributed by atoms with Gasteiger partial charge in [0.25, 0.3) is 0 Å². The van der Waals surface area contributed by atoms with Crippen LogP contribution in [0.4, 0.5) is 11.4 Å². The van der Waals surface area contributed by atoms with Gasteiger partial charge in [-0.25, -0.2) is 0 Å². The Balaban J connectivity index is 1.76. The third-order valence-electron chi connectivity index (χ3n) is 4.90. The van der Waals surface area contributed by atoms with Crippen LogP contribution in [0.3, 0.4) is 0 Å². The zero-order chi connectivity index (χ0) is 19.6. The second-order valence-electron chi connectivity index (χ2n) is 6.70. The van der Waals surface area contributed by atoms with Gasteiger partial charge in [-0.3, -0.25) is 9.59 Å². The van der Waals surface area contributed by atoms with E-state index in [9.17, 15) is 9.59 Å². The molecule has 2 aromatic carbocycles. The lowest BCUT2D eigenvalue weighted by Crippen LogP contribution is -2.28. The van der Waals surface area contributed by atoms with Gasteiger partial charge in [-0.1, -0.05) is 18.2 Å². The second kappa shape index (κ2) is 7.70. The first-order valence-corrected chi connectivity index (χ1v) is 8.84. The molecule has 0 aromatic heterocycles. The van der Waals surface area contributed by atoms with Gasteiger partial charge in [0.15, 0.2) is 11.5 Å². The summed E-state index contributed by atoms with van der Waals surface area (Å²) in [5.41, 5.74) is 3.52. The highest BCUT2D eigenvalue weighted by molar-refractivity contribution is 6.04. The first kappa shape index (κ1) is 18.8. The minimum atomic E-state index is -0.399. The van der Waals surface area contributed by atoms with Crippen molar-refractivity contribution in [1.82, 2.24) is 0 Å². The van der Waals surface area contributed by atoms with E-state index < -0.39 is 5.92 Å². The molecule has 0 bridgehead atoms. The molecule has 1 saturated heterocycles. The number of nitrogens with zero attached hydrogens (tertiary/aromatic N) is 1. The molecule has 1 aliphatic rings. The molecule has 1 fully saturated rings. The molecule has 27 heavy (non-hydrogen) atoms. The number of amides is 2. The maximum absolute atomic E-state index is 12.7. The van der Waals surface area contributed by atoms with Crippen molar-refractivity contribution in [2.24, 2.45) is 5.92 Å². The molecule has 6 heteroatoms. The summed E-state index contributed by atoms with van der Waals surface area (Å²) in [6.07, 6.45) is 0.186. The third kappa shape index (κ3) is 3.74. The van der Waals surface area contributed by atoms with Gasteiger partial charge < -0.3 is 19.7 Å². The van der Waals surface area contributed by atoms with Crippen molar-refractivity contribution in [2.75, 3.05) is 31.0 Å². The van der Waals surface area contributed by atoms with Gasteiger partial charge >= 0.3 is 0 Å². The van der Waals surface area contributed by atoms with E-state index in [0.717, 1.165) is 16.8 Å². The van der Waals surface area contributed by atoms with Crippen molar-refractivity contribution in [3.63, 3.8) is 0 Å². The van der Waals surface area contributed by atoms with E-state index in [4.69, 9.17) is 9.47 Å². The number of hydrogen-bond donors (Lipinski definition) is 1.